The van der Waals surface area contributed by atoms with Crippen molar-refractivity contribution in [3.8, 4) is 5.75 Å². The van der Waals surface area contributed by atoms with Crippen molar-refractivity contribution in [2.24, 2.45) is 5.41 Å². The predicted octanol–water partition coefficient (Wildman–Crippen LogP) is 3.73. The number of hydrogen-bond acceptors (Lipinski definition) is 7. The van der Waals surface area contributed by atoms with Gasteiger partial charge in [0.1, 0.15) is 36.7 Å². The van der Waals surface area contributed by atoms with Crippen LogP contribution in [-0.2, 0) is 14.3 Å². The summed E-state index contributed by atoms with van der Waals surface area (Å²) in [6, 6.07) is 9.76. The van der Waals surface area contributed by atoms with Crippen LogP contribution in [-0.4, -0.2) is 60.1 Å². The van der Waals surface area contributed by atoms with Crippen LogP contribution < -0.4 is 15.4 Å². The van der Waals surface area contributed by atoms with E-state index in [0.29, 0.717) is 54.8 Å². The number of likely N-dealkylation sites (tertiary alicyclic amines) is 1. The zero-order valence-corrected chi connectivity index (χ0v) is 19.9. The number of methoxy groups -OCH3 is 1. The fraction of sp³-hybridized carbons (Fsp3) is 0.360. The maximum atomic E-state index is 14.9. The number of amides is 2. The quantitative estimate of drug-likeness (QED) is 0.354. The van der Waals surface area contributed by atoms with Gasteiger partial charge in [0, 0.05) is 43.7 Å². The molecule has 1 aromatic heterocycles. The van der Waals surface area contributed by atoms with Crippen molar-refractivity contribution in [2.45, 2.75) is 20.3 Å². The van der Waals surface area contributed by atoms with Crippen LogP contribution in [0.25, 0.3) is 10.9 Å². The SMILES string of the molecule is COCCOc1cc(F)c2c(Nc3ccc(NC(=O)CC(=O)N4CC(C)(C)C4)cc3)ncnc2c1. The number of nitrogens with zero attached hydrogens (tertiary/aromatic N) is 3. The molecule has 184 valence electrons. The van der Waals surface area contributed by atoms with Crippen LogP contribution in [0.2, 0.25) is 0 Å². The first-order valence-electron chi connectivity index (χ1n) is 11.2. The molecule has 1 fully saturated rings. The first-order chi connectivity index (χ1) is 16.7. The van der Waals surface area contributed by atoms with E-state index in [1.807, 2.05) is 0 Å². The molecule has 3 aromatic rings. The summed E-state index contributed by atoms with van der Waals surface area (Å²) < 4.78 is 25.3. The van der Waals surface area contributed by atoms with Crippen molar-refractivity contribution in [2.75, 3.05) is 44.0 Å². The number of anilines is 3. The van der Waals surface area contributed by atoms with Crippen LogP contribution in [0.15, 0.2) is 42.7 Å². The monoisotopic (exact) mass is 481 g/mol. The number of ether oxygens (including phenoxy) is 2. The zero-order valence-electron chi connectivity index (χ0n) is 19.9. The molecule has 1 aliphatic rings. The molecular formula is C25H28FN5O4. The van der Waals surface area contributed by atoms with E-state index in [4.69, 9.17) is 9.47 Å². The fourth-order valence-corrected chi connectivity index (χ4v) is 3.93. The minimum absolute atomic E-state index is 0.118. The van der Waals surface area contributed by atoms with Gasteiger partial charge in [-0.1, -0.05) is 13.8 Å². The number of halogens is 1. The molecule has 0 bridgehead atoms. The molecule has 2 heterocycles. The van der Waals surface area contributed by atoms with Gasteiger partial charge in [-0.15, -0.1) is 0 Å². The highest BCUT2D eigenvalue weighted by atomic mass is 19.1. The molecule has 1 saturated heterocycles. The number of nitrogens with one attached hydrogen (secondary N) is 2. The minimum Gasteiger partial charge on any atom is -0.491 e. The van der Waals surface area contributed by atoms with Crippen LogP contribution in [0, 0.1) is 11.2 Å². The standard InChI is InChI=1S/C25H28FN5O4/c1-25(2)13-31(14-25)22(33)12-21(32)29-16-4-6-17(7-5-16)30-24-23-19(26)10-18(35-9-8-34-3)11-20(23)27-15-28-24/h4-7,10-11,15H,8-9,12-14H2,1-3H3,(H,29,32)(H,27,28,30). The summed E-state index contributed by atoms with van der Waals surface area (Å²) >= 11 is 0. The first kappa shape index (κ1) is 24.3. The van der Waals surface area contributed by atoms with E-state index in [-0.39, 0.29) is 29.0 Å². The van der Waals surface area contributed by atoms with Crippen LogP contribution in [0.5, 0.6) is 5.75 Å². The van der Waals surface area contributed by atoms with Gasteiger partial charge in [0.05, 0.1) is 17.5 Å². The lowest BCUT2D eigenvalue weighted by Crippen LogP contribution is -2.55. The minimum atomic E-state index is -0.517. The van der Waals surface area contributed by atoms with Crippen LogP contribution in [0.3, 0.4) is 0 Å². The Bertz CT molecular complexity index is 1220. The predicted molar refractivity (Wildman–Crippen MR) is 130 cm³/mol. The Morgan fingerprint density at radius 1 is 1.09 bits per heavy atom. The summed E-state index contributed by atoms with van der Waals surface area (Å²) in [6.07, 6.45) is 1.15. The van der Waals surface area contributed by atoms with E-state index >= 15 is 0 Å². The van der Waals surface area contributed by atoms with Gasteiger partial charge in [-0.3, -0.25) is 9.59 Å². The van der Waals surface area contributed by atoms with Crippen molar-refractivity contribution >= 4 is 39.9 Å². The molecule has 0 spiro atoms. The number of benzene rings is 2. The summed E-state index contributed by atoms with van der Waals surface area (Å²) in [6.45, 7) is 6.19. The Morgan fingerprint density at radius 3 is 2.49 bits per heavy atom. The third kappa shape index (κ3) is 6.02. The van der Waals surface area contributed by atoms with Crippen molar-refractivity contribution in [3.63, 3.8) is 0 Å². The number of fused-ring (bicyclic) bond motifs is 1. The Labute approximate surface area is 202 Å². The van der Waals surface area contributed by atoms with Gasteiger partial charge < -0.3 is 25.0 Å². The maximum Gasteiger partial charge on any atom is 0.233 e. The Kier molecular flexibility index (Phi) is 7.11. The Morgan fingerprint density at radius 2 is 1.80 bits per heavy atom. The van der Waals surface area contributed by atoms with E-state index in [0.717, 1.165) is 0 Å². The third-order valence-electron chi connectivity index (χ3n) is 5.55. The third-order valence-corrected chi connectivity index (χ3v) is 5.55. The smallest absolute Gasteiger partial charge is 0.233 e. The molecule has 0 saturated carbocycles. The summed E-state index contributed by atoms with van der Waals surface area (Å²) in [5.74, 6) is -0.404. The highest BCUT2D eigenvalue weighted by molar-refractivity contribution is 6.03. The summed E-state index contributed by atoms with van der Waals surface area (Å²) in [4.78, 5) is 34.5. The molecule has 2 aromatic carbocycles. The van der Waals surface area contributed by atoms with Gasteiger partial charge in [-0.05, 0) is 29.7 Å². The molecule has 9 nitrogen and oxygen atoms in total. The van der Waals surface area contributed by atoms with Crippen molar-refractivity contribution in [3.05, 3.63) is 48.5 Å². The second-order valence-corrected chi connectivity index (χ2v) is 9.20. The lowest BCUT2D eigenvalue weighted by atomic mass is 9.84. The number of carbonyl (C=O) groups is 2. The molecule has 2 N–H and O–H groups in total. The molecular weight excluding hydrogens is 453 g/mol. The van der Waals surface area contributed by atoms with E-state index in [9.17, 15) is 14.0 Å². The van der Waals surface area contributed by atoms with E-state index in [2.05, 4.69) is 34.4 Å². The topological polar surface area (TPSA) is 106 Å². The number of rotatable bonds is 9. The molecule has 1 aliphatic heterocycles. The van der Waals surface area contributed by atoms with Gasteiger partial charge >= 0.3 is 0 Å². The normalized spacial score (nSPS) is 14.3. The van der Waals surface area contributed by atoms with E-state index in [1.54, 1.807) is 42.3 Å². The Balaban J connectivity index is 1.39. The van der Waals surface area contributed by atoms with Crippen molar-refractivity contribution in [1.29, 1.82) is 0 Å². The average Bonchev–Trinajstić information content (AvgIpc) is 2.78. The van der Waals surface area contributed by atoms with Gasteiger partial charge in [0.2, 0.25) is 11.8 Å². The second-order valence-electron chi connectivity index (χ2n) is 9.20. The van der Waals surface area contributed by atoms with Gasteiger partial charge in [-0.25, -0.2) is 14.4 Å². The van der Waals surface area contributed by atoms with Gasteiger partial charge in [-0.2, -0.15) is 0 Å². The summed E-state index contributed by atoms with van der Waals surface area (Å²) in [5, 5.41) is 6.05. The van der Waals surface area contributed by atoms with Gasteiger partial charge in [0.25, 0.3) is 0 Å². The molecule has 10 heteroatoms. The van der Waals surface area contributed by atoms with Crippen molar-refractivity contribution in [1.82, 2.24) is 14.9 Å². The summed E-state index contributed by atoms with van der Waals surface area (Å²) in [7, 11) is 1.56. The number of carbonyl (C=O) groups excluding carboxylic acids is 2. The maximum absolute atomic E-state index is 14.9. The summed E-state index contributed by atoms with van der Waals surface area (Å²) in [5.41, 5.74) is 1.71. The zero-order chi connectivity index (χ0) is 25.0. The first-order valence-corrected chi connectivity index (χ1v) is 11.2. The number of hydrogen-bond donors (Lipinski definition) is 2. The molecule has 0 radical (unpaired) electrons. The lowest BCUT2D eigenvalue weighted by Gasteiger charge is -2.45. The highest BCUT2D eigenvalue weighted by Crippen LogP contribution is 2.30. The van der Waals surface area contributed by atoms with E-state index < -0.39 is 5.82 Å². The van der Waals surface area contributed by atoms with Crippen LogP contribution in [0.1, 0.15) is 20.3 Å². The lowest BCUT2D eigenvalue weighted by molar-refractivity contribution is -0.143. The molecule has 4 rings (SSSR count). The van der Waals surface area contributed by atoms with Crippen molar-refractivity contribution < 1.29 is 23.5 Å². The number of aromatic nitrogens is 2. The average molecular weight is 482 g/mol. The second kappa shape index (κ2) is 10.2. The van der Waals surface area contributed by atoms with Crippen LogP contribution in [0.4, 0.5) is 21.6 Å². The molecule has 0 unspecified atom stereocenters. The molecule has 2 amide bonds. The molecule has 35 heavy (non-hydrogen) atoms. The van der Waals surface area contributed by atoms with Gasteiger partial charge in [0.15, 0.2) is 0 Å². The van der Waals surface area contributed by atoms with E-state index in [1.165, 1.54) is 12.4 Å². The van der Waals surface area contributed by atoms with Crippen LogP contribution >= 0.6 is 0 Å². The Hall–Kier alpha value is -3.79. The molecule has 0 aliphatic carbocycles. The largest absolute Gasteiger partial charge is 0.491 e. The fourth-order valence-electron chi connectivity index (χ4n) is 3.93. The highest BCUT2D eigenvalue weighted by Gasteiger charge is 2.37. The molecule has 0 atom stereocenters.